The van der Waals surface area contributed by atoms with Crippen LogP contribution in [-0.2, 0) is 19.7 Å². The smallest absolute Gasteiger partial charge is 0.411 e. The van der Waals surface area contributed by atoms with Crippen LogP contribution in [0.1, 0.15) is 66.1 Å². The van der Waals surface area contributed by atoms with Crippen LogP contribution in [0, 0.1) is 6.92 Å². The monoisotopic (exact) mass is 558 g/mol. The molecule has 0 spiro atoms. The van der Waals surface area contributed by atoms with Crippen LogP contribution >= 0.6 is 11.3 Å². The average Bonchev–Trinajstić information content (AvgIpc) is 3.50. The fraction of sp³-hybridized carbons (Fsp3) is 0.607. The number of nitrogens with one attached hydrogen (secondary N) is 1. The second-order valence-corrected chi connectivity index (χ2v) is 18.6. The molecular weight excluding hydrogens is 516 g/mol. The van der Waals surface area contributed by atoms with Crippen LogP contribution in [0.4, 0.5) is 4.79 Å². The van der Waals surface area contributed by atoms with Gasteiger partial charge in [-0.3, -0.25) is 4.90 Å². The summed E-state index contributed by atoms with van der Waals surface area (Å²) in [5.74, 6) is 0.613. The van der Waals surface area contributed by atoms with Gasteiger partial charge in [-0.25, -0.2) is 9.78 Å². The summed E-state index contributed by atoms with van der Waals surface area (Å²) >= 11 is 1.63. The van der Waals surface area contributed by atoms with Crippen LogP contribution < -0.4 is 5.32 Å². The molecule has 2 aliphatic rings. The van der Waals surface area contributed by atoms with Crippen LogP contribution in [-0.4, -0.2) is 54.4 Å². The highest BCUT2D eigenvalue weighted by Crippen LogP contribution is 2.40. The first-order valence-electron chi connectivity index (χ1n) is 13.2. The van der Waals surface area contributed by atoms with Gasteiger partial charge in [-0.05, 0) is 51.4 Å². The number of aromatic nitrogens is 1. The van der Waals surface area contributed by atoms with Crippen LogP contribution in [0.25, 0.3) is 10.4 Å². The lowest BCUT2D eigenvalue weighted by molar-refractivity contribution is -0.0228. The molecule has 3 atom stereocenters. The van der Waals surface area contributed by atoms with Crippen molar-refractivity contribution >= 4 is 31.6 Å². The summed E-state index contributed by atoms with van der Waals surface area (Å²) in [5.41, 5.74) is 3.49. The zero-order valence-corrected chi connectivity index (χ0v) is 26.2. The predicted octanol–water partition coefficient (Wildman–Crippen LogP) is 6.62. The molecule has 208 valence electrons. The van der Waals surface area contributed by atoms with Gasteiger partial charge in [0.2, 0.25) is 5.72 Å². The molecule has 1 aromatic carbocycles. The molecule has 2 unspecified atom stereocenters. The zero-order valence-electron chi connectivity index (χ0n) is 24.3. The largest absolute Gasteiger partial charge is 0.444 e. The molecule has 38 heavy (non-hydrogen) atoms. The van der Waals surface area contributed by atoms with E-state index in [-0.39, 0.29) is 23.3 Å². The van der Waals surface area contributed by atoms with E-state index < -0.39 is 19.6 Å². The van der Waals surface area contributed by atoms with E-state index in [0.29, 0.717) is 18.8 Å². The van der Waals surface area contributed by atoms with E-state index in [0.717, 1.165) is 21.7 Å². The van der Waals surface area contributed by atoms with Gasteiger partial charge in [0, 0.05) is 25.5 Å². The van der Waals surface area contributed by atoms with Crippen LogP contribution in [0.2, 0.25) is 18.1 Å². The van der Waals surface area contributed by atoms with E-state index in [2.05, 4.69) is 61.5 Å². The second kappa shape index (κ2) is 9.95. The van der Waals surface area contributed by atoms with E-state index in [1.165, 1.54) is 0 Å². The van der Waals surface area contributed by atoms with Gasteiger partial charge in [-0.2, -0.15) is 0 Å². The van der Waals surface area contributed by atoms with Crippen LogP contribution in [0.15, 0.2) is 34.9 Å². The number of hydrogen-bond donors (Lipinski definition) is 1. The van der Waals surface area contributed by atoms with Gasteiger partial charge in [0.25, 0.3) is 0 Å². The Morgan fingerprint density at radius 2 is 1.84 bits per heavy atom. The number of thiazole rings is 1. The third kappa shape index (κ3) is 5.92. The van der Waals surface area contributed by atoms with Crippen molar-refractivity contribution in [2.45, 2.75) is 103 Å². The molecule has 0 radical (unpaired) electrons. The minimum atomic E-state index is -2.04. The highest BCUT2D eigenvalue weighted by Gasteiger charge is 2.48. The van der Waals surface area contributed by atoms with Crippen molar-refractivity contribution in [1.82, 2.24) is 15.2 Å². The van der Waals surface area contributed by atoms with Gasteiger partial charge < -0.3 is 19.3 Å². The summed E-state index contributed by atoms with van der Waals surface area (Å²) < 4.78 is 12.5. The normalized spacial score (nSPS) is 24.2. The zero-order chi connectivity index (χ0) is 28.1. The molecule has 1 amide bonds. The van der Waals surface area contributed by atoms with Crippen molar-refractivity contribution in [2.75, 3.05) is 6.54 Å². The first-order chi connectivity index (χ1) is 17.5. The Labute approximate surface area is 231 Å². The molecule has 0 aliphatic carbocycles. The lowest BCUT2D eigenvalue weighted by Crippen LogP contribution is -2.50. The lowest BCUT2D eigenvalue weighted by Gasteiger charge is -2.38. The number of hydrogen-bond acceptors (Lipinski definition) is 8. The first kappa shape index (κ1) is 28.6. The fourth-order valence-electron chi connectivity index (χ4n) is 4.48. The van der Waals surface area contributed by atoms with E-state index in [1.807, 2.05) is 52.3 Å². The van der Waals surface area contributed by atoms with Crippen LogP contribution in [0.5, 0.6) is 0 Å². The van der Waals surface area contributed by atoms with Gasteiger partial charge in [-0.15, -0.1) is 11.3 Å². The molecule has 10 heteroatoms. The van der Waals surface area contributed by atoms with Crippen molar-refractivity contribution in [3.8, 4) is 10.4 Å². The Bertz CT molecular complexity index is 1200. The summed E-state index contributed by atoms with van der Waals surface area (Å²) in [6.45, 7) is 21.2. The number of oxime groups is 1. The highest BCUT2D eigenvalue weighted by atomic mass is 32.1. The molecule has 0 saturated carbocycles. The molecule has 0 bridgehead atoms. The highest BCUT2D eigenvalue weighted by molar-refractivity contribution is 7.13. The Balaban J connectivity index is 1.53. The number of rotatable bonds is 5. The molecule has 3 heterocycles. The van der Waals surface area contributed by atoms with Crippen LogP contribution in [0.3, 0.4) is 0 Å². The van der Waals surface area contributed by atoms with E-state index in [4.69, 9.17) is 14.0 Å². The number of nitrogens with zero attached hydrogens (tertiary/aromatic N) is 3. The summed E-state index contributed by atoms with van der Waals surface area (Å²) in [5, 5.41) is 7.99. The van der Waals surface area contributed by atoms with E-state index in [1.54, 1.807) is 16.2 Å². The van der Waals surface area contributed by atoms with Crippen molar-refractivity contribution in [3.63, 3.8) is 0 Å². The fourth-order valence-corrected chi connectivity index (χ4v) is 6.65. The number of benzene rings is 1. The predicted molar refractivity (Wildman–Crippen MR) is 155 cm³/mol. The second-order valence-electron chi connectivity index (χ2n) is 13.0. The van der Waals surface area contributed by atoms with Gasteiger partial charge in [-0.1, -0.05) is 50.2 Å². The SMILES string of the molecule is Cc1ncsc1-c1ccc(C2(C)NC([C@@H]3CC(O[Si](C)(C)C(C)(C)C)CN3C(=O)OC(C)(C)C)=NO2)cc1. The minimum absolute atomic E-state index is 0.0660. The maximum absolute atomic E-state index is 13.3. The molecule has 1 saturated heterocycles. The molecule has 2 aliphatic heterocycles. The average molecular weight is 559 g/mol. The van der Waals surface area contributed by atoms with Gasteiger partial charge in [0.1, 0.15) is 5.60 Å². The van der Waals surface area contributed by atoms with Crippen molar-refractivity contribution < 1.29 is 18.8 Å². The van der Waals surface area contributed by atoms with Gasteiger partial charge in [0.05, 0.1) is 28.2 Å². The third-order valence-corrected chi connectivity index (χ3v) is 13.1. The standard InChI is InChI=1S/C28H42N4O4SSi/c1-18-23(37-17-29-18)19-11-13-20(14-12-19)28(8)30-24(31-36-28)22-15-21(35-38(9,10)27(5,6)7)16-32(22)25(33)34-26(2,3)4/h11-14,17,21-22H,15-16H2,1-10H3,(H,30,31)/t21?,22-,28?/m0/s1. The summed E-state index contributed by atoms with van der Waals surface area (Å²) in [6.07, 6.45) is 0.151. The van der Waals surface area contributed by atoms with Crippen molar-refractivity contribution in [2.24, 2.45) is 5.16 Å². The number of amides is 1. The number of carbonyl (C=O) groups is 1. The Kier molecular flexibility index (Phi) is 7.48. The topological polar surface area (TPSA) is 85.3 Å². The Morgan fingerprint density at radius 1 is 1.18 bits per heavy atom. The van der Waals surface area contributed by atoms with Gasteiger partial charge >= 0.3 is 6.09 Å². The maximum atomic E-state index is 13.3. The summed E-state index contributed by atoms with van der Waals surface area (Å²) in [6, 6.07) is 7.92. The lowest BCUT2D eigenvalue weighted by atomic mass is 10.0. The van der Waals surface area contributed by atoms with E-state index >= 15 is 0 Å². The molecular formula is C28H42N4O4SSi. The number of aryl methyl sites for hydroxylation is 1. The quantitative estimate of drug-likeness (QED) is 0.415. The molecule has 8 nitrogen and oxygen atoms in total. The van der Waals surface area contributed by atoms with Crippen molar-refractivity contribution in [1.29, 1.82) is 0 Å². The summed E-state index contributed by atoms with van der Waals surface area (Å²) in [7, 11) is -2.04. The Hall–Kier alpha value is -2.43. The first-order valence-corrected chi connectivity index (χ1v) is 17.0. The molecule has 2 aromatic rings. The number of carbonyl (C=O) groups excluding carboxylic acids is 1. The Morgan fingerprint density at radius 3 is 2.39 bits per heavy atom. The van der Waals surface area contributed by atoms with E-state index in [9.17, 15) is 4.79 Å². The number of likely N-dealkylation sites (tertiary alicyclic amines) is 1. The molecule has 1 fully saturated rings. The van der Waals surface area contributed by atoms with Crippen molar-refractivity contribution in [3.05, 3.63) is 41.0 Å². The maximum Gasteiger partial charge on any atom is 0.411 e. The molecule has 1 N–H and O–H groups in total. The van der Waals surface area contributed by atoms with Gasteiger partial charge in [0.15, 0.2) is 14.2 Å². The minimum Gasteiger partial charge on any atom is -0.444 e. The number of amidine groups is 1. The third-order valence-electron chi connectivity index (χ3n) is 7.61. The number of ether oxygens (including phenoxy) is 1. The molecule has 1 aromatic heterocycles. The molecule has 4 rings (SSSR count). The summed E-state index contributed by atoms with van der Waals surface area (Å²) in [4.78, 5) is 26.5.